The Kier molecular flexibility index (Phi) is 3.58. The summed E-state index contributed by atoms with van der Waals surface area (Å²) < 4.78 is -0.428. The van der Waals surface area contributed by atoms with Crippen molar-refractivity contribution < 1.29 is 4.79 Å². The number of carbonyl (C=O) groups excluding carboxylic acids is 1. The van der Waals surface area contributed by atoms with Gasteiger partial charge in [-0.05, 0) is 27.8 Å². The third-order valence-corrected chi connectivity index (χ3v) is 3.09. The lowest BCUT2D eigenvalue weighted by atomic mass is 10.1. The summed E-state index contributed by atoms with van der Waals surface area (Å²) in [6.07, 6.45) is 0. The molecule has 0 aromatic carbocycles. The zero-order valence-corrected chi connectivity index (χ0v) is 11.0. The van der Waals surface area contributed by atoms with Gasteiger partial charge in [-0.3, -0.25) is 4.79 Å². The average molecular weight is 263 g/mol. The molecular weight excluding hydrogens is 244 g/mol. The molecule has 1 amide bonds. The van der Waals surface area contributed by atoms with Gasteiger partial charge in [-0.25, -0.2) is 0 Å². The smallest absolute Gasteiger partial charge is 0.238 e. The fourth-order valence-corrected chi connectivity index (χ4v) is 1.86. The van der Waals surface area contributed by atoms with Crippen molar-refractivity contribution in [1.82, 2.24) is 9.80 Å². The Morgan fingerprint density at radius 1 is 1.43 bits per heavy atom. The Morgan fingerprint density at radius 2 is 2.00 bits per heavy atom. The number of rotatable bonds is 1. The minimum absolute atomic E-state index is 0.192. The molecule has 1 heterocycles. The molecular formula is C10H19BrN2O. The van der Waals surface area contributed by atoms with Gasteiger partial charge < -0.3 is 9.80 Å². The fourth-order valence-electron chi connectivity index (χ4n) is 1.61. The number of hydrogen-bond acceptors (Lipinski definition) is 2. The van der Waals surface area contributed by atoms with E-state index in [2.05, 4.69) is 34.8 Å². The fraction of sp³-hybridized carbons (Fsp3) is 0.900. The first kappa shape index (κ1) is 12.0. The van der Waals surface area contributed by atoms with E-state index in [1.165, 1.54) is 0 Å². The van der Waals surface area contributed by atoms with E-state index in [0.29, 0.717) is 6.04 Å². The van der Waals surface area contributed by atoms with Gasteiger partial charge in [0.05, 0.1) is 4.32 Å². The van der Waals surface area contributed by atoms with Crippen LogP contribution in [-0.2, 0) is 4.79 Å². The molecule has 1 aliphatic heterocycles. The minimum Gasteiger partial charge on any atom is -0.339 e. The molecule has 1 unspecified atom stereocenters. The minimum atomic E-state index is -0.428. The van der Waals surface area contributed by atoms with E-state index in [0.717, 1.165) is 19.6 Å². The molecule has 1 rings (SSSR count). The van der Waals surface area contributed by atoms with Crippen LogP contribution in [0.3, 0.4) is 0 Å². The average Bonchev–Trinajstić information content (AvgIpc) is 2.07. The Morgan fingerprint density at radius 3 is 2.43 bits per heavy atom. The van der Waals surface area contributed by atoms with E-state index in [4.69, 9.17) is 0 Å². The van der Waals surface area contributed by atoms with Crippen molar-refractivity contribution in [3.63, 3.8) is 0 Å². The highest BCUT2D eigenvalue weighted by molar-refractivity contribution is 9.10. The van der Waals surface area contributed by atoms with Crippen molar-refractivity contribution in [1.29, 1.82) is 0 Å². The number of amides is 1. The summed E-state index contributed by atoms with van der Waals surface area (Å²) in [5, 5.41) is 0. The van der Waals surface area contributed by atoms with Gasteiger partial charge in [-0.15, -0.1) is 0 Å². The molecule has 0 aromatic heterocycles. The number of alkyl halides is 1. The number of piperazine rings is 1. The summed E-state index contributed by atoms with van der Waals surface area (Å²) in [6, 6.07) is 0.461. The lowest BCUT2D eigenvalue weighted by Crippen LogP contribution is -2.55. The lowest BCUT2D eigenvalue weighted by Gasteiger charge is -2.39. The quantitative estimate of drug-likeness (QED) is 0.666. The van der Waals surface area contributed by atoms with Crippen LogP contribution in [0, 0.1) is 0 Å². The Labute approximate surface area is 94.6 Å². The van der Waals surface area contributed by atoms with Crippen molar-refractivity contribution in [2.45, 2.75) is 31.1 Å². The largest absolute Gasteiger partial charge is 0.339 e. The van der Waals surface area contributed by atoms with Crippen LogP contribution in [0.5, 0.6) is 0 Å². The molecule has 0 radical (unpaired) electrons. The molecule has 0 bridgehead atoms. The van der Waals surface area contributed by atoms with Crippen LogP contribution in [0.15, 0.2) is 0 Å². The predicted octanol–water partition coefficient (Wildman–Crippen LogP) is 1.32. The van der Waals surface area contributed by atoms with Crippen LogP contribution >= 0.6 is 15.9 Å². The summed E-state index contributed by atoms with van der Waals surface area (Å²) in [5.74, 6) is 0.192. The predicted molar refractivity (Wildman–Crippen MR) is 61.7 cm³/mol. The second kappa shape index (κ2) is 4.19. The van der Waals surface area contributed by atoms with Gasteiger partial charge >= 0.3 is 0 Å². The Balaban J connectivity index is 2.59. The number of likely N-dealkylation sites (N-methyl/N-ethyl adjacent to an activating group) is 1. The van der Waals surface area contributed by atoms with Crippen LogP contribution in [0.25, 0.3) is 0 Å². The Hall–Kier alpha value is -0.0900. The monoisotopic (exact) mass is 262 g/mol. The first-order valence-corrected chi connectivity index (χ1v) is 5.80. The van der Waals surface area contributed by atoms with E-state index in [9.17, 15) is 4.79 Å². The van der Waals surface area contributed by atoms with Crippen LogP contribution < -0.4 is 0 Å². The molecule has 4 heteroatoms. The van der Waals surface area contributed by atoms with Crippen LogP contribution in [-0.4, -0.2) is 52.8 Å². The number of carbonyl (C=O) groups is 1. The van der Waals surface area contributed by atoms with Crippen molar-refractivity contribution >= 4 is 21.8 Å². The van der Waals surface area contributed by atoms with E-state index >= 15 is 0 Å². The van der Waals surface area contributed by atoms with E-state index in [1.54, 1.807) is 0 Å². The van der Waals surface area contributed by atoms with Crippen LogP contribution in [0.1, 0.15) is 20.8 Å². The van der Waals surface area contributed by atoms with Crippen molar-refractivity contribution in [2.24, 2.45) is 0 Å². The first-order valence-electron chi connectivity index (χ1n) is 5.01. The zero-order valence-electron chi connectivity index (χ0n) is 9.38. The van der Waals surface area contributed by atoms with Gasteiger partial charge in [-0.2, -0.15) is 0 Å². The van der Waals surface area contributed by atoms with Gasteiger partial charge in [0.25, 0.3) is 0 Å². The normalized spacial score (nSPS) is 25.2. The molecule has 1 atom stereocenters. The lowest BCUT2D eigenvalue weighted by molar-refractivity contribution is -0.135. The van der Waals surface area contributed by atoms with Crippen molar-refractivity contribution in [3.8, 4) is 0 Å². The summed E-state index contributed by atoms with van der Waals surface area (Å²) in [4.78, 5) is 16.2. The van der Waals surface area contributed by atoms with Crippen LogP contribution in [0.2, 0.25) is 0 Å². The number of nitrogens with zero attached hydrogens (tertiary/aromatic N) is 2. The second-order valence-corrected chi connectivity index (χ2v) is 6.54. The Bertz CT molecular complexity index is 225. The highest BCUT2D eigenvalue weighted by Crippen LogP contribution is 2.21. The summed E-state index contributed by atoms with van der Waals surface area (Å²) >= 11 is 3.41. The molecule has 0 saturated carbocycles. The third-order valence-electron chi connectivity index (χ3n) is 2.76. The summed E-state index contributed by atoms with van der Waals surface area (Å²) in [6.45, 7) is 8.60. The van der Waals surface area contributed by atoms with Gasteiger partial charge in [0.1, 0.15) is 0 Å². The molecule has 14 heavy (non-hydrogen) atoms. The number of hydrogen-bond donors (Lipinski definition) is 0. The van der Waals surface area contributed by atoms with Crippen LogP contribution in [0.4, 0.5) is 0 Å². The maximum absolute atomic E-state index is 11.9. The maximum Gasteiger partial charge on any atom is 0.238 e. The molecule has 0 aromatic rings. The highest BCUT2D eigenvalue weighted by Gasteiger charge is 2.32. The van der Waals surface area contributed by atoms with Gasteiger partial charge in [0.2, 0.25) is 5.91 Å². The topological polar surface area (TPSA) is 23.6 Å². The number of halogens is 1. The molecule has 82 valence electrons. The first-order chi connectivity index (χ1) is 6.32. The van der Waals surface area contributed by atoms with Crippen molar-refractivity contribution in [3.05, 3.63) is 0 Å². The summed E-state index contributed by atoms with van der Waals surface area (Å²) in [5.41, 5.74) is 0. The van der Waals surface area contributed by atoms with Crippen molar-refractivity contribution in [2.75, 3.05) is 26.7 Å². The van der Waals surface area contributed by atoms with Gasteiger partial charge in [0.15, 0.2) is 0 Å². The second-order valence-electron chi connectivity index (χ2n) is 4.55. The highest BCUT2D eigenvalue weighted by atomic mass is 79.9. The van der Waals surface area contributed by atoms with Gasteiger partial charge in [0, 0.05) is 25.7 Å². The molecule has 1 saturated heterocycles. The molecule has 0 spiro atoms. The maximum atomic E-state index is 11.9. The summed E-state index contributed by atoms with van der Waals surface area (Å²) in [7, 11) is 2.10. The molecule has 0 N–H and O–H groups in total. The van der Waals surface area contributed by atoms with E-state index in [1.807, 2.05) is 18.7 Å². The molecule has 1 fully saturated rings. The third kappa shape index (κ3) is 2.70. The van der Waals surface area contributed by atoms with Gasteiger partial charge in [-0.1, -0.05) is 15.9 Å². The van der Waals surface area contributed by atoms with E-state index in [-0.39, 0.29) is 5.91 Å². The molecule has 3 nitrogen and oxygen atoms in total. The van der Waals surface area contributed by atoms with E-state index < -0.39 is 4.32 Å². The zero-order chi connectivity index (χ0) is 10.9. The standard InChI is InChI=1S/C10H19BrN2O/c1-8-7-13(6-5-12(8)4)9(14)10(2,3)11/h8H,5-7H2,1-4H3. The SMILES string of the molecule is CC1CN(C(=O)C(C)(C)Br)CCN1C. The molecule has 1 aliphatic rings. The molecule has 0 aliphatic carbocycles.